The number of benzene rings is 1. The summed E-state index contributed by atoms with van der Waals surface area (Å²) >= 11 is 0. The lowest BCUT2D eigenvalue weighted by Crippen LogP contribution is -2.40. The predicted molar refractivity (Wildman–Crippen MR) is 68.5 cm³/mol. The summed E-state index contributed by atoms with van der Waals surface area (Å²) in [6.45, 7) is 0. The molecule has 0 radical (unpaired) electrons. The first kappa shape index (κ1) is 11.8. The number of nitrogens with two attached hydrogens (primary N) is 1. The molecule has 1 aromatic carbocycles. The first-order valence-corrected chi connectivity index (χ1v) is 7.32. The van der Waals surface area contributed by atoms with Gasteiger partial charge in [0.15, 0.2) is 0 Å². The van der Waals surface area contributed by atoms with Crippen molar-refractivity contribution in [1.82, 2.24) is 0 Å². The largest absolute Gasteiger partial charge is 0.327 e. The lowest BCUT2D eigenvalue weighted by molar-refractivity contribution is 0.445. The van der Waals surface area contributed by atoms with Gasteiger partial charge in [-0.25, -0.2) is 0 Å². The first-order chi connectivity index (χ1) is 7.77. The molecule has 3 unspecified atom stereocenters. The Morgan fingerprint density at radius 2 is 1.88 bits per heavy atom. The minimum atomic E-state index is -0.813. The Hall–Kier alpha value is -0.670. The van der Waals surface area contributed by atoms with Gasteiger partial charge in [0.2, 0.25) is 0 Å². The highest BCUT2D eigenvalue weighted by Crippen LogP contribution is 2.23. The summed E-state index contributed by atoms with van der Waals surface area (Å²) < 4.78 is 12.2. The molecule has 0 amide bonds. The minimum Gasteiger partial charge on any atom is -0.327 e. The smallest absolute Gasteiger partial charge is 0.0502 e. The van der Waals surface area contributed by atoms with E-state index < -0.39 is 10.8 Å². The van der Waals surface area contributed by atoms with E-state index in [0.29, 0.717) is 5.75 Å². The third-order valence-corrected chi connectivity index (χ3v) is 5.12. The van der Waals surface area contributed by atoms with Gasteiger partial charge >= 0.3 is 0 Å². The third kappa shape index (κ3) is 2.92. The fourth-order valence-electron chi connectivity index (χ4n) is 2.30. The van der Waals surface area contributed by atoms with Crippen molar-refractivity contribution >= 4 is 10.8 Å². The van der Waals surface area contributed by atoms with Crippen LogP contribution in [0.1, 0.15) is 31.2 Å². The molecular weight excluding hydrogens is 218 g/mol. The van der Waals surface area contributed by atoms with Crippen LogP contribution < -0.4 is 5.73 Å². The molecule has 0 bridgehead atoms. The zero-order chi connectivity index (χ0) is 11.4. The van der Waals surface area contributed by atoms with Crippen molar-refractivity contribution in [2.45, 2.75) is 42.7 Å². The molecule has 0 saturated heterocycles. The van der Waals surface area contributed by atoms with E-state index >= 15 is 0 Å². The fourth-order valence-corrected chi connectivity index (χ4v) is 3.99. The van der Waals surface area contributed by atoms with Crippen LogP contribution in [0.2, 0.25) is 0 Å². The zero-order valence-electron chi connectivity index (χ0n) is 9.47. The van der Waals surface area contributed by atoms with Gasteiger partial charge in [-0.2, -0.15) is 0 Å². The highest BCUT2D eigenvalue weighted by molar-refractivity contribution is 7.84. The summed E-state index contributed by atoms with van der Waals surface area (Å²) in [7, 11) is -0.813. The fraction of sp³-hybridized carbons (Fsp3) is 0.538. The van der Waals surface area contributed by atoms with Gasteiger partial charge in [-0.3, -0.25) is 4.21 Å². The van der Waals surface area contributed by atoms with E-state index in [1.54, 1.807) is 0 Å². The second-order valence-corrected chi connectivity index (χ2v) is 6.15. The Morgan fingerprint density at radius 3 is 2.56 bits per heavy atom. The van der Waals surface area contributed by atoms with Crippen molar-refractivity contribution in [3.63, 3.8) is 0 Å². The molecule has 3 atom stereocenters. The molecule has 2 N–H and O–H groups in total. The molecule has 1 aliphatic carbocycles. The van der Waals surface area contributed by atoms with Crippen molar-refractivity contribution in [2.75, 3.05) is 0 Å². The van der Waals surface area contributed by atoms with E-state index in [-0.39, 0.29) is 11.3 Å². The highest BCUT2D eigenvalue weighted by atomic mass is 32.2. The Morgan fingerprint density at radius 1 is 1.19 bits per heavy atom. The number of rotatable bonds is 3. The minimum absolute atomic E-state index is 0.137. The molecule has 0 heterocycles. The van der Waals surface area contributed by atoms with Crippen molar-refractivity contribution in [2.24, 2.45) is 5.73 Å². The van der Waals surface area contributed by atoms with Gasteiger partial charge < -0.3 is 5.73 Å². The molecule has 1 aliphatic rings. The van der Waals surface area contributed by atoms with Crippen LogP contribution in [0, 0.1) is 0 Å². The summed E-state index contributed by atoms with van der Waals surface area (Å²) in [6.07, 6.45) is 4.44. The van der Waals surface area contributed by atoms with Crippen LogP contribution in [0.15, 0.2) is 30.3 Å². The molecule has 2 rings (SSSR count). The second-order valence-electron chi connectivity index (χ2n) is 4.50. The summed E-state index contributed by atoms with van der Waals surface area (Å²) in [4.78, 5) is 0. The average molecular weight is 237 g/mol. The van der Waals surface area contributed by atoms with Crippen molar-refractivity contribution in [3.8, 4) is 0 Å². The quantitative estimate of drug-likeness (QED) is 0.876. The molecule has 3 heteroatoms. The van der Waals surface area contributed by atoms with Crippen LogP contribution >= 0.6 is 0 Å². The van der Waals surface area contributed by atoms with Gasteiger partial charge in [0.1, 0.15) is 0 Å². The Kier molecular flexibility index (Phi) is 4.13. The highest BCUT2D eigenvalue weighted by Gasteiger charge is 2.26. The number of hydrogen-bond donors (Lipinski definition) is 1. The summed E-state index contributed by atoms with van der Waals surface area (Å²) in [5.74, 6) is 0.652. The molecule has 1 saturated carbocycles. The SMILES string of the molecule is NC1CCCCC1S(=O)Cc1ccccc1. The molecule has 0 spiro atoms. The van der Waals surface area contributed by atoms with Crippen LogP contribution in [0.4, 0.5) is 0 Å². The van der Waals surface area contributed by atoms with Gasteiger partial charge in [0.05, 0.1) is 5.25 Å². The first-order valence-electron chi connectivity index (χ1n) is 5.94. The monoisotopic (exact) mass is 237 g/mol. The molecule has 1 fully saturated rings. The van der Waals surface area contributed by atoms with Crippen molar-refractivity contribution in [1.29, 1.82) is 0 Å². The number of hydrogen-bond acceptors (Lipinski definition) is 2. The van der Waals surface area contributed by atoms with Gasteiger partial charge in [-0.05, 0) is 18.4 Å². The lowest BCUT2D eigenvalue weighted by atomic mass is 9.96. The van der Waals surface area contributed by atoms with Gasteiger partial charge in [0.25, 0.3) is 0 Å². The van der Waals surface area contributed by atoms with E-state index in [1.807, 2.05) is 30.3 Å². The molecule has 2 nitrogen and oxygen atoms in total. The summed E-state index contributed by atoms with van der Waals surface area (Å²) in [5.41, 5.74) is 7.19. The van der Waals surface area contributed by atoms with Crippen LogP contribution in [0.5, 0.6) is 0 Å². The maximum atomic E-state index is 12.2. The molecule has 0 aliphatic heterocycles. The van der Waals surface area contributed by atoms with E-state index in [1.165, 1.54) is 12.8 Å². The van der Waals surface area contributed by atoms with Crippen molar-refractivity contribution < 1.29 is 4.21 Å². The average Bonchev–Trinajstić information content (AvgIpc) is 2.31. The Bertz CT molecular complexity index is 352. The van der Waals surface area contributed by atoms with Crippen LogP contribution in [-0.2, 0) is 16.6 Å². The van der Waals surface area contributed by atoms with E-state index in [9.17, 15) is 4.21 Å². The normalized spacial score (nSPS) is 27.6. The Balaban J connectivity index is 1.97. The molecular formula is C13H19NOS. The van der Waals surface area contributed by atoms with Gasteiger partial charge in [-0.1, -0.05) is 43.2 Å². The maximum absolute atomic E-state index is 12.2. The van der Waals surface area contributed by atoms with E-state index in [4.69, 9.17) is 5.73 Å². The second kappa shape index (κ2) is 5.60. The summed E-state index contributed by atoms with van der Waals surface area (Å²) in [5, 5.41) is 0.203. The third-order valence-electron chi connectivity index (χ3n) is 3.24. The molecule has 88 valence electrons. The molecule has 1 aromatic rings. The van der Waals surface area contributed by atoms with Gasteiger partial charge in [-0.15, -0.1) is 0 Å². The predicted octanol–water partition coefficient (Wildman–Crippen LogP) is 2.21. The standard InChI is InChI=1S/C13H19NOS/c14-12-8-4-5-9-13(12)16(15)10-11-6-2-1-3-7-11/h1-3,6-7,12-13H,4-5,8-10,14H2. The maximum Gasteiger partial charge on any atom is 0.0502 e. The summed E-state index contributed by atoms with van der Waals surface area (Å²) in [6, 6.07) is 10.2. The molecule has 16 heavy (non-hydrogen) atoms. The van der Waals surface area contributed by atoms with Crippen molar-refractivity contribution in [3.05, 3.63) is 35.9 Å². The van der Waals surface area contributed by atoms with Crippen LogP contribution in [0.25, 0.3) is 0 Å². The Labute approximate surface area is 99.7 Å². The zero-order valence-corrected chi connectivity index (χ0v) is 10.3. The van der Waals surface area contributed by atoms with E-state index in [2.05, 4.69) is 0 Å². The van der Waals surface area contributed by atoms with Gasteiger partial charge in [0, 0.05) is 22.6 Å². The van der Waals surface area contributed by atoms with Crippen LogP contribution in [-0.4, -0.2) is 15.5 Å². The lowest BCUT2D eigenvalue weighted by Gasteiger charge is -2.27. The van der Waals surface area contributed by atoms with Crippen LogP contribution in [0.3, 0.4) is 0 Å². The molecule has 0 aromatic heterocycles. The van der Waals surface area contributed by atoms with E-state index in [0.717, 1.165) is 18.4 Å². The topological polar surface area (TPSA) is 43.1 Å².